The van der Waals surface area contributed by atoms with E-state index in [4.69, 9.17) is 26.6 Å². The Labute approximate surface area is 186 Å². The van der Waals surface area contributed by atoms with E-state index in [1.807, 2.05) is 97.1 Å². The van der Waals surface area contributed by atoms with Gasteiger partial charge in [-0.25, -0.2) is 15.0 Å². The maximum Gasteiger partial charge on any atom is 0.164 e. The van der Waals surface area contributed by atoms with Crippen LogP contribution in [0.1, 0.15) is 0 Å². The third kappa shape index (κ3) is 4.23. The Morgan fingerprint density at radius 1 is 0.355 bits per heavy atom. The van der Waals surface area contributed by atoms with Gasteiger partial charge in [-0.15, -0.1) is 0 Å². The lowest BCUT2D eigenvalue weighted by atomic mass is 10.0. The highest BCUT2D eigenvalue weighted by molar-refractivity contribution is 6.30. The van der Waals surface area contributed by atoms with Gasteiger partial charge in [-0.1, -0.05) is 109 Å². The first kappa shape index (κ1) is 19.2. The van der Waals surface area contributed by atoms with Crippen LogP contribution >= 0.6 is 11.6 Å². The zero-order valence-electron chi connectivity index (χ0n) is 16.6. The Bertz CT molecular complexity index is 1240. The first-order valence-electron chi connectivity index (χ1n) is 9.99. The average molecular weight is 420 g/mol. The maximum absolute atomic E-state index is 6.01. The molecule has 4 aromatic carbocycles. The van der Waals surface area contributed by atoms with E-state index in [0.717, 1.165) is 32.8 Å². The first-order valence-corrected chi connectivity index (χ1v) is 10.4. The molecule has 0 unspecified atom stereocenters. The fourth-order valence-electron chi connectivity index (χ4n) is 3.39. The predicted molar refractivity (Wildman–Crippen MR) is 127 cm³/mol. The van der Waals surface area contributed by atoms with Crippen molar-refractivity contribution in [3.63, 3.8) is 0 Å². The highest BCUT2D eigenvalue weighted by Crippen LogP contribution is 2.27. The lowest BCUT2D eigenvalue weighted by Crippen LogP contribution is -2.00. The largest absolute Gasteiger partial charge is 0.208 e. The fourth-order valence-corrected chi connectivity index (χ4v) is 3.52. The van der Waals surface area contributed by atoms with Crippen molar-refractivity contribution in [1.29, 1.82) is 0 Å². The van der Waals surface area contributed by atoms with Crippen LogP contribution in [-0.2, 0) is 0 Å². The summed E-state index contributed by atoms with van der Waals surface area (Å²) in [5, 5.41) is 0.729. The van der Waals surface area contributed by atoms with Crippen molar-refractivity contribution in [2.75, 3.05) is 0 Å². The molecule has 0 radical (unpaired) electrons. The summed E-state index contributed by atoms with van der Waals surface area (Å²) in [6.45, 7) is 0. The van der Waals surface area contributed by atoms with Crippen LogP contribution in [0.3, 0.4) is 0 Å². The normalized spacial score (nSPS) is 10.7. The zero-order chi connectivity index (χ0) is 21.0. The van der Waals surface area contributed by atoms with Crippen LogP contribution in [0, 0.1) is 0 Å². The first-order chi connectivity index (χ1) is 15.3. The Balaban J connectivity index is 1.58. The van der Waals surface area contributed by atoms with Gasteiger partial charge in [0.05, 0.1) is 0 Å². The summed E-state index contributed by atoms with van der Waals surface area (Å²) in [5.74, 6) is 1.97. The summed E-state index contributed by atoms with van der Waals surface area (Å²) in [5.41, 5.74) is 5.08. The molecule has 0 saturated heterocycles. The van der Waals surface area contributed by atoms with E-state index in [1.54, 1.807) is 0 Å². The van der Waals surface area contributed by atoms with Crippen LogP contribution in [-0.4, -0.2) is 15.0 Å². The Hall–Kier alpha value is -3.82. The van der Waals surface area contributed by atoms with Gasteiger partial charge in [0.1, 0.15) is 0 Å². The minimum Gasteiger partial charge on any atom is -0.208 e. The standard InChI is InChI=1S/C27H18ClN3/c28-24-17-15-20(16-18-24)19-11-13-23(14-12-19)27-30-25(21-7-3-1-4-8-21)29-26(31-27)22-9-5-2-6-10-22/h1-18H. The third-order valence-corrected chi connectivity index (χ3v) is 5.27. The Morgan fingerprint density at radius 3 is 1.10 bits per heavy atom. The molecule has 0 aliphatic heterocycles. The van der Waals surface area contributed by atoms with E-state index in [2.05, 4.69) is 12.1 Å². The second-order valence-electron chi connectivity index (χ2n) is 7.12. The molecule has 5 rings (SSSR count). The summed E-state index contributed by atoms with van der Waals surface area (Å²) in [6.07, 6.45) is 0. The average Bonchev–Trinajstić information content (AvgIpc) is 2.85. The summed E-state index contributed by atoms with van der Waals surface area (Å²) >= 11 is 6.01. The Morgan fingerprint density at radius 2 is 0.677 bits per heavy atom. The van der Waals surface area contributed by atoms with Gasteiger partial charge >= 0.3 is 0 Å². The highest BCUT2D eigenvalue weighted by atomic mass is 35.5. The molecule has 1 aromatic heterocycles. The number of nitrogens with zero attached hydrogens (tertiary/aromatic N) is 3. The van der Waals surface area contributed by atoms with Gasteiger partial charge < -0.3 is 0 Å². The van der Waals surface area contributed by atoms with Crippen LogP contribution in [0.25, 0.3) is 45.3 Å². The third-order valence-electron chi connectivity index (χ3n) is 5.02. The van der Waals surface area contributed by atoms with Gasteiger partial charge in [-0.05, 0) is 23.3 Å². The molecule has 0 saturated carbocycles. The topological polar surface area (TPSA) is 38.7 Å². The van der Waals surface area contributed by atoms with Gasteiger partial charge in [0, 0.05) is 21.7 Å². The smallest absolute Gasteiger partial charge is 0.164 e. The number of benzene rings is 4. The summed E-state index contributed by atoms with van der Waals surface area (Å²) in [6, 6.07) is 36.0. The van der Waals surface area contributed by atoms with Crippen molar-refractivity contribution < 1.29 is 0 Å². The van der Waals surface area contributed by atoms with Crippen molar-refractivity contribution in [2.45, 2.75) is 0 Å². The molecular weight excluding hydrogens is 402 g/mol. The van der Waals surface area contributed by atoms with Crippen LogP contribution < -0.4 is 0 Å². The number of rotatable bonds is 4. The molecule has 0 atom stereocenters. The molecule has 0 fully saturated rings. The SMILES string of the molecule is Clc1ccc(-c2ccc(-c3nc(-c4ccccc4)nc(-c4ccccc4)n3)cc2)cc1. The molecule has 3 nitrogen and oxygen atoms in total. The second kappa shape index (κ2) is 8.50. The van der Waals surface area contributed by atoms with Crippen LogP contribution in [0.4, 0.5) is 0 Å². The quantitative estimate of drug-likeness (QED) is 0.309. The summed E-state index contributed by atoms with van der Waals surface area (Å²) < 4.78 is 0. The predicted octanol–water partition coefficient (Wildman–Crippen LogP) is 7.19. The van der Waals surface area contributed by atoms with E-state index < -0.39 is 0 Å². The zero-order valence-corrected chi connectivity index (χ0v) is 17.4. The molecule has 0 bridgehead atoms. The lowest BCUT2D eigenvalue weighted by molar-refractivity contribution is 1.07. The summed E-state index contributed by atoms with van der Waals surface area (Å²) in [4.78, 5) is 14.3. The van der Waals surface area contributed by atoms with Crippen LogP contribution in [0.2, 0.25) is 5.02 Å². The molecule has 4 heteroatoms. The molecule has 1 heterocycles. The van der Waals surface area contributed by atoms with E-state index in [0.29, 0.717) is 17.5 Å². The van der Waals surface area contributed by atoms with Crippen molar-refractivity contribution in [1.82, 2.24) is 15.0 Å². The number of halogens is 1. The van der Waals surface area contributed by atoms with Crippen molar-refractivity contribution in [3.05, 3.63) is 114 Å². The van der Waals surface area contributed by atoms with E-state index in [9.17, 15) is 0 Å². The fraction of sp³-hybridized carbons (Fsp3) is 0. The minimum atomic E-state index is 0.648. The molecule has 0 aliphatic rings. The van der Waals surface area contributed by atoms with E-state index >= 15 is 0 Å². The molecule has 0 N–H and O–H groups in total. The van der Waals surface area contributed by atoms with Gasteiger partial charge in [0.25, 0.3) is 0 Å². The Kier molecular flexibility index (Phi) is 5.26. The maximum atomic E-state index is 6.01. The van der Waals surface area contributed by atoms with Gasteiger partial charge in [0.2, 0.25) is 0 Å². The monoisotopic (exact) mass is 419 g/mol. The molecule has 5 aromatic rings. The van der Waals surface area contributed by atoms with E-state index in [-0.39, 0.29) is 0 Å². The van der Waals surface area contributed by atoms with Crippen LogP contribution in [0.5, 0.6) is 0 Å². The number of hydrogen-bond acceptors (Lipinski definition) is 3. The molecule has 0 aliphatic carbocycles. The van der Waals surface area contributed by atoms with Crippen molar-refractivity contribution >= 4 is 11.6 Å². The van der Waals surface area contributed by atoms with Crippen molar-refractivity contribution in [3.8, 4) is 45.3 Å². The van der Waals surface area contributed by atoms with Crippen molar-refractivity contribution in [2.24, 2.45) is 0 Å². The van der Waals surface area contributed by atoms with Gasteiger partial charge in [0.15, 0.2) is 17.5 Å². The number of aromatic nitrogens is 3. The lowest BCUT2D eigenvalue weighted by Gasteiger charge is -2.09. The van der Waals surface area contributed by atoms with Crippen LogP contribution in [0.15, 0.2) is 109 Å². The molecule has 0 spiro atoms. The second-order valence-corrected chi connectivity index (χ2v) is 7.56. The molecule has 148 valence electrons. The molecular formula is C27H18ClN3. The minimum absolute atomic E-state index is 0.648. The van der Waals surface area contributed by atoms with Gasteiger partial charge in [-0.3, -0.25) is 0 Å². The van der Waals surface area contributed by atoms with Gasteiger partial charge in [-0.2, -0.15) is 0 Å². The number of hydrogen-bond donors (Lipinski definition) is 0. The molecule has 0 amide bonds. The summed E-state index contributed by atoms with van der Waals surface area (Å²) in [7, 11) is 0. The highest BCUT2D eigenvalue weighted by Gasteiger charge is 2.12. The molecule has 31 heavy (non-hydrogen) atoms. The van der Waals surface area contributed by atoms with E-state index in [1.165, 1.54) is 0 Å².